The quantitative estimate of drug-likeness (QED) is 0.526. The highest BCUT2D eigenvalue weighted by Gasteiger charge is 2.19. The number of thiazole rings is 1. The van der Waals surface area contributed by atoms with Crippen LogP contribution in [0.5, 0.6) is 5.75 Å². The Morgan fingerprint density at radius 2 is 2.03 bits per heavy atom. The first-order valence-electron chi connectivity index (χ1n) is 8.64. The number of rotatable bonds is 8. The Balaban J connectivity index is 1.57. The van der Waals surface area contributed by atoms with E-state index in [1.54, 1.807) is 54.6 Å². The van der Waals surface area contributed by atoms with Crippen molar-refractivity contribution >= 4 is 40.0 Å². The largest absolute Gasteiger partial charge is 0.497 e. The van der Waals surface area contributed by atoms with Crippen LogP contribution in [0.2, 0.25) is 0 Å². The Kier molecular flexibility index (Phi) is 6.83. The van der Waals surface area contributed by atoms with Crippen LogP contribution in [-0.2, 0) is 11.8 Å². The normalized spacial score (nSPS) is 11.7. The summed E-state index contributed by atoms with van der Waals surface area (Å²) in [5, 5.41) is 16.8. The number of benzene rings is 1. The zero-order valence-electron chi connectivity index (χ0n) is 16.1. The maximum Gasteiger partial charge on any atom is 0.251 e. The van der Waals surface area contributed by atoms with Gasteiger partial charge in [0.25, 0.3) is 5.91 Å². The van der Waals surface area contributed by atoms with Crippen molar-refractivity contribution in [3.8, 4) is 5.75 Å². The van der Waals surface area contributed by atoms with Gasteiger partial charge in [0, 0.05) is 24.2 Å². The van der Waals surface area contributed by atoms with E-state index >= 15 is 0 Å². The molecule has 3 aromatic rings. The Labute approximate surface area is 175 Å². The van der Waals surface area contributed by atoms with Gasteiger partial charge in [0.1, 0.15) is 5.75 Å². The lowest BCUT2D eigenvalue weighted by molar-refractivity contribution is -0.113. The second-order valence-electron chi connectivity index (χ2n) is 6.00. The van der Waals surface area contributed by atoms with Crippen LogP contribution < -0.4 is 15.4 Å². The van der Waals surface area contributed by atoms with Crippen molar-refractivity contribution in [2.24, 2.45) is 7.05 Å². The van der Waals surface area contributed by atoms with Crippen LogP contribution in [-0.4, -0.2) is 44.4 Å². The van der Waals surface area contributed by atoms with Crippen LogP contribution >= 0.6 is 23.1 Å². The predicted molar refractivity (Wildman–Crippen MR) is 111 cm³/mol. The third kappa shape index (κ3) is 5.33. The zero-order valence-corrected chi connectivity index (χ0v) is 17.7. The molecule has 0 bridgehead atoms. The average molecular weight is 433 g/mol. The first-order chi connectivity index (χ1) is 14.0. The fraction of sp³-hybridized carbons (Fsp3) is 0.278. The Hall–Kier alpha value is -2.92. The molecular weight excluding hydrogens is 412 g/mol. The number of ether oxygens (including phenoxy) is 1. The van der Waals surface area contributed by atoms with Gasteiger partial charge in [-0.25, -0.2) is 4.98 Å². The van der Waals surface area contributed by atoms with Gasteiger partial charge in [0.2, 0.25) is 5.91 Å². The number of hydrogen-bond acceptors (Lipinski definition) is 8. The summed E-state index contributed by atoms with van der Waals surface area (Å²) < 4.78 is 6.86. The van der Waals surface area contributed by atoms with E-state index in [0.29, 0.717) is 27.4 Å². The molecule has 1 aromatic carbocycles. The number of nitrogens with one attached hydrogen (secondary N) is 2. The highest BCUT2D eigenvalue weighted by Crippen LogP contribution is 2.20. The molecule has 0 radical (unpaired) electrons. The average Bonchev–Trinajstić information content (AvgIpc) is 3.36. The molecule has 9 nitrogen and oxygen atoms in total. The molecule has 0 aliphatic carbocycles. The molecule has 2 N–H and O–H groups in total. The molecule has 2 heterocycles. The number of carbonyl (C=O) groups excluding carboxylic acids is 2. The maximum absolute atomic E-state index is 12.4. The summed E-state index contributed by atoms with van der Waals surface area (Å²) in [7, 11) is 3.37. The molecule has 0 saturated heterocycles. The molecule has 0 aliphatic heterocycles. The van der Waals surface area contributed by atoms with Crippen molar-refractivity contribution in [1.29, 1.82) is 0 Å². The first kappa shape index (κ1) is 20.8. The summed E-state index contributed by atoms with van der Waals surface area (Å²) in [6, 6.07) is 6.49. The molecule has 1 atom stereocenters. The van der Waals surface area contributed by atoms with Crippen LogP contribution in [0.1, 0.15) is 29.1 Å². The Bertz CT molecular complexity index is 972. The molecule has 2 aromatic heterocycles. The molecule has 3 rings (SSSR count). The van der Waals surface area contributed by atoms with Gasteiger partial charge in [0.05, 0.1) is 18.9 Å². The first-order valence-corrected chi connectivity index (χ1v) is 10.5. The van der Waals surface area contributed by atoms with Gasteiger partial charge in [-0.2, -0.15) is 0 Å². The second kappa shape index (κ2) is 9.52. The van der Waals surface area contributed by atoms with E-state index in [-0.39, 0.29) is 23.6 Å². The van der Waals surface area contributed by atoms with Crippen molar-refractivity contribution in [1.82, 2.24) is 25.1 Å². The van der Waals surface area contributed by atoms with Gasteiger partial charge in [-0.1, -0.05) is 11.8 Å². The number of nitrogens with zero attached hydrogens (tertiary/aromatic N) is 4. The van der Waals surface area contributed by atoms with Gasteiger partial charge in [-0.05, 0) is 31.2 Å². The lowest BCUT2D eigenvalue weighted by Gasteiger charge is -2.14. The van der Waals surface area contributed by atoms with E-state index in [1.165, 1.54) is 23.1 Å². The van der Waals surface area contributed by atoms with Gasteiger partial charge >= 0.3 is 0 Å². The summed E-state index contributed by atoms with van der Waals surface area (Å²) >= 11 is 2.62. The van der Waals surface area contributed by atoms with E-state index < -0.39 is 0 Å². The van der Waals surface area contributed by atoms with Crippen molar-refractivity contribution in [2.75, 3.05) is 18.2 Å². The SMILES string of the molecule is COc1ccc(C(=O)NC(C)c2nnc(SCC(=O)Nc3nccs3)n2C)cc1. The van der Waals surface area contributed by atoms with Crippen molar-refractivity contribution < 1.29 is 14.3 Å². The number of amides is 2. The van der Waals surface area contributed by atoms with Crippen LogP contribution in [0.25, 0.3) is 0 Å². The molecule has 0 spiro atoms. The summed E-state index contributed by atoms with van der Waals surface area (Å²) in [5.41, 5.74) is 0.522. The number of anilines is 1. The van der Waals surface area contributed by atoms with Gasteiger partial charge < -0.3 is 19.9 Å². The summed E-state index contributed by atoms with van der Waals surface area (Å²) in [6.45, 7) is 1.83. The van der Waals surface area contributed by atoms with Crippen molar-refractivity contribution in [2.45, 2.75) is 18.1 Å². The van der Waals surface area contributed by atoms with Crippen LogP contribution in [0.15, 0.2) is 41.0 Å². The van der Waals surface area contributed by atoms with Gasteiger partial charge in [-0.15, -0.1) is 21.5 Å². The third-order valence-corrected chi connectivity index (χ3v) is 5.68. The molecule has 0 fully saturated rings. The monoisotopic (exact) mass is 432 g/mol. The summed E-state index contributed by atoms with van der Waals surface area (Å²) in [6.07, 6.45) is 1.63. The molecule has 11 heteroatoms. The number of thioether (sulfide) groups is 1. The minimum atomic E-state index is -0.361. The fourth-order valence-corrected chi connectivity index (χ4v) is 3.75. The van der Waals surface area contributed by atoms with Crippen LogP contribution in [0, 0.1) is 0 Å². The minimum absolute atomic E-state index is 0.171. The number of aromatic nitrogens is 4. The van der Waals surface area contributed by atoms with E-state index in [4.69, 9.17) is 4.74 Å². The molecule has 0 saturated carbocycles. The van der Waals surface area contributed by atoms with Crippen molar-refractivity contribution in [3.63, 3.8) is 0 Å². The zero-order chi connectivity index (χ0) is 20.8. The van der Waals surface area contributed by atoms with Gasteiger partial charge in [0.15, 0.2) is 16.1 Å². The fourth-order valence-electron chi connectivity index (χ4n) is 2.49. The topological polar surface area (TPSA) is 111 Å². The molecule has 29 heavy (non-hydrogen) atoms. The second-order valence-corrected chi connectivity index (χ2v) is 7.83. The Morgan fingerprint density at radius 1 is 1.28 bits per heavy atom. The van der Waals surface area contributed by atoms with Crippen LogP contribution in [0.3, 0.4) is 0 Å². The standard InChI is InChI=1S/C18H20N6O3S2/c1-11(20-16(26)12-4-6-13(27-3)7-5-12)15-22-23-18(24(15)2)29-10-14(25)21-17-19-8-9-28-17/h4-9,11H,10H2,1-3H3,(H,20,26)(H,19,21,25). The maximum atomic E-state index is 12.4. The van der Waals surface area contributed by atoms with E-state index in [2.05, 4.69) is 25.8 Å². The molecular formula is C18H20N6O3S2. The molecule has 152 valence electrons. The smallest absolute Gasteiger partial charge is 0.251 e. The van der Waals surface area contributed by atoms with E-state index in [0.717, 1.165) is 0 Å². The summed E-state index contributed by atoms with van der Waals surface area (Å²) in [5.74, 6) is 1.06. The highest BCUT2D eigenvalue weighted by molar-refractivity contribution is 7.99. The summed E-state index contributed by atoms with van der Waals surface area (Å²) in [4.78, 5) is 28.5. The number of hydrogen-bond donors (Lipinski definition) is 2. The Morgan fingerprint density at radius 3 is 2.69 bits per heavy atom. The minimum Gasteiger partial charge on any atom is -0.497 e. The lowest BCUT2D eigenvalue weighted by Crippen LogP contribution is -2.28. The van der Waals surface area contributed by atoms with E-state index in [9.17, 15) is 9.59 Å². The third-order valence-electron chi connectivity index (χ3n) is 3.97. The molecule has 1 unspecified atom stereocenters. The number of methoxy groups -OCH3 is 1. The predicted octanol–water partition coefficient (Wildman–Crippen LogP) is 2.50. The van der Waals surface area contributed by atoms with Crippen LogP contribution in [0.4, 0.5) is 5.13 Å². The van der Waals surface area contributed by atoms with Crippen molar-refractivity contribution in [3.05, 3.63) is 47.2 Å². The van der Waals surface area contributed by atoms with Gasteiger partial charge in [-0.3, -0.25) is 9.59 Å². The highest BCUT2D eigenvalue weighted by atomic mass is 32.2. The molecule has 0 aliphatic rings. The molecule has 2 amide bonds. The lowest BCUT2D eigenvalue weighted by atomic mass is 10.2. The number of carbonyl (C=O) groups is 2. The van der Waals surface area contributed by atoms with E-state index in [1.807, 2.05) is 6.92 Å².